The highest BCUT2D eigenvalue weighted by molar-refractivity contribution is 6.07. The molecule has 3 aromatic heterocycles. The largest absolute Gasteiger partial charge is 0.488 e. The van der Waals surface area contributed by atoms with Crippen molar-refractivity contribution in [3.8, 4) is 11.4 Å². The number of hydrogen-bond donors (Lipinski definition) is 4. The van der Waals surface area contributed by atoms with Crippen molar-refractivity contribution in [3.63, 3.8) is 0 Å². The van der Waals surface area contributed by atoms with Crippen LogP contribution in [-0.2, 0) is 16.8 Å². The molecule has 7 rings (SSSR count). The molecule has 1 aliphatic rings. The van der Waals surface area contributed by atoms with Gasteiger partial charge in [-0.1, -0.05) is 62.7 Å². The van der Waals surface area contributed by atoms with Crippen LogP contribution in [0.15, 0.2) is 97.5 Å². The average Bonchev–Trinajstić information content (AvgIpc) is 3.63. The average molecular weight is 769 g/mol. The third-order valence-electron chi connectivity index (χ3n) is 9.50. The lowest BCUT2D eigenvalue weighted by molar-refractivity contribution is 0.0342. The zero-order valence-corrected chi connectivity index (χ0v) is 32.9. The van der Waals surface area contributed by atoms with Crippen molar-refractivity contribution >= 4 is 45.9 Å². The fraction of sp³-hybridized carbons (Fsp3) is 0.302. The van der Waals surface area contributed by atoms with Crippen molar-refractivity contribution in [2.45, 2.75) is 52.7 Å². The number of pyridine rings is 1. The van der Waals surface area contributed by atoms with E-state index in [1.165, 1.54) is 12.4 Å². The summed E-state index contributed by atoms with van der Waals surface area (Å²) in [6.45, 7) is 14.4. The molecular weight excluding hydrogens is 721 g/mol. The van der Waals surface area contributed by atoms with Crippen LogP contribution in [0.1, 0.15) is 55.0 Å². The summed E-state index contributed by atoms with van der Waals surface area (Å²) in [4.78, 5) is 41.7. The molecule has 1 saturated heterocycles. The van der Waals surface area contributed by atoms with E-state index in [1.807, 2.05) is 92.7 Å². The summed E-state index contributed by atoms with van der Waals surface area (Å²) >= 11 is 0. The molecule has 0 bridgehead atoms. The number of aryl methyl sites for hydroxylation is 1. The molecule has 14 heteroatoms. The molecule has 1 aliphatic heterocycles. The van der Waals surface area contributed by atoms with Crippen LogP contribution in [0, 0.1) is 6.92 Å². The molecule has 4 N–H and O–H groups in total. The van der Waals surface area contributed by atoms with Gasteiger partial charge in [0, 0.05) is 54.1 Å². The first-order valence-electron chi connectivity index (χ1n) is 19.0. The SMILES string of the molecule is Cc1ccc(-n2nc(C(C)(C)C)cc2NC(=O)Nc2ccc(OCc3ccnc(Nc4cnc(C(=O)NC(C)CN5CCOCC5)cn4)c3)c3ccccc23)cc1. The topological polar surface area (TPSA) is 160 Å². The number of aromatic nitrogens is 5. The Balaban J connectivity index is 0.976. The van der Waals surface area contributed by atoms with Crippen molar-refractivity contribution < 1.29 is 19.1 Å². The minimum absolute atomic E-state index is 0.0436. The first-order valence-corrected chi connectivity index (χ1v) is 19.0. The highest BCUT2D eigenvalue weighted by Gasteiger charge is 2.22. The molecule has 294 valence electrons. The normalized spacial score (nSPS) is 13.8. The molecule has 1 atom stereocenters. The lowest BCUT2D eigenvalue weighted by Crippen LogP contribution is -2.46. The number of hydrogen-bond acceptors (Lipinski definition) is 10. The second kappa shape index (κ2) is 17.2. The minimum atomic E-state index is -0.393. The monoisotopic (exact) mass is 768 g/mol. The number of carbonyl (C=O) groups excluding carboxylic acids is 2. The van der Waals surface area contributed by atoms with E-state index >= 15 is 0 Å². The fourth-order valence-corrected chi connectivity index (χ4v) is 6.44. The number of anilines is 4. The van der Waals surface area contributed by atoms with E-state index in [0.717, 1.165) is 52.9 Å². The van der Waals surface area contributed by atoms with Crippen LogP contribution in [0.2, 0.25) is 0 Å². The van der Waals surface area contributed by atoms with E-state index in [0.29, 0.717) is 42.1 Å². The van der Waals surface area contributed by atoms with Gasteiger partial charge < -0.3 is 25.4 Å². The predicted molar refractivity (Wildman–Crippen MR) is 222 cm³/mol. The Hall–Kier alpha value is -6.38. The number of morpholine rings is 1. The zero-order valence-electron chi connectivity index (χ0n) is 32.9. The van der Waals surface area contributed by atoms with E-state index in [9.17, 15) is 9.59 Å². The van der Waals surface area contributed by atoms with Gasteiger partial charge >= 0.3 is 6.03 Å². The van der Waals surface area contributed by atoms with Gasteiger partial charge in [0.15, 0.2) is 0 Å². The number of amides is 3. The van der Waals surface area contributed by atoms with Gasteiger partial charge in [-0.2, -0.15) is 5.10 Å². The minimum Gasteiger partial charge on any atom is -0.488 e. The molecule has 0 radical (unpaired) electrons. The number of benzene rings is 3. The van der Waals surface area contributed by atoms with Crippen LogP contribution in [0.25, 0.3) is 16.5 Å². The van der Waals surface area contributed by atoms with Crippen LogP contribution in [-0.4, -0.2) is 80.5 Å². The second-order valence-electron chi connectivity index (χ2n) is 15.2. The number of nitrogens with one attached hydrogen (secondary N) is 4. The Kier molecular flexibility index (Phi) is 11.7. The maximum Gasteiger partial charge on any atom is 0.324 e. The predicted octanol–water partition coefficient (Wildman–Crippen LogP) is 7.23. The van der Waals surface area contributed by atoms with Crippen molar-refractivity contribution in [2.75, 3.05) is 48.8 Å². The summed E-state index contributed by atoms with van der Waals surface area (Å²) < 4.78 is 13.5. The van der Waals surface area contributed by atoms with E-state index in [4.69, 9.17) is 14.6 Å². The lowest BCUT2D eigenvalue weighted by atomic mass is 9.92. The Morgan fingerprint density at radius 3 is 2.39 bits per heavy atom. The van der Waals surface area contributed by atoms with Gasteiger partial charge in [-0.15, -0.1) is 0 Å². The van der Waals surface area contributed by atoms with E-state index < -0.39 is 6.03 Å². The molecule has 0 spiro atoms. The van der Waals surface area contributed by atoms with E-state index in [-0.39, 0.29) is 29.7 Å². The van der Waals surface area contributed by atoms with Crippen LogP contribution in [0.4, 0.5) is 27.9 Å². The Morgan fingerprint density at radius 2 is 1.65 bits per heavy atom. The molecular formula is C43H48N10O4. The highest BCUT2D eigenvalue weighted by Crippen LogP contribution is 2.33. The third kappa shape index (κ3) is 9.90. The van der Waals surface area contributed by atoms with Gasteiger partial charge in [0.2, 0.25) is 0 Å². The molecule has 1 fully saturated rings. The Labute approximate surface area is 332 Å². The molecule has 4 heterocycles. The number of nitrogens with zero attached hydrogens (tertiary/aromatic N) is 6. The summed E-state index contributed by atoms with van der Waals surface area (Å²) in [5.74, 6) is 1.95. The number of urea groups is 1. The van der Waals surface area contributed by atoms with Crippen molar-refractivity contribution in [1.82, 2.24) is 34.9 Å². The third-order valence-corrected chi connectivity index (χ3v) is 9.50. The summed E-state index contributed by atoms with van der Waals surface area (Å²) in [7, 11) is 0. The Morgan fingerprint density at radius 1 is 0.877 bits per heavy atom. The summed E-state index contributed by atoms with van der Waals surface area (Å²) in [6, 6.07) is 24.7. The van der Waals surface area contributed by atoms with Crippen molar-refractivity contribution in [3.05, 3.63) is 120 Å². The van der Waals surface area contributed by atoms with E-state index in [1.54, 1.807) is 10.9 Å². The van der Waals surface area contributed by atoms with Crippen LogP contribution in [0.3, 0.4) is 0 Å². The molecule has 3 aromatic carbocycles. The number of fused-ring (bicyclic) bond motifs is 1. The molecule has 6 aromatic rings. The highest BCUT2D eigenvalue weighted by atomic mass is 16.5. The summed E-state index contributed by atoms with van der Waals surface area (Å²) in [5, 5.41) is 18.7. The first-order chi connectivity index (χ1) is 27.5. The Bertz CT molecular complexity index is 2330. The maximum atomic E-state index is 13.5. The second-order valence-corrected chi connectivity index (χ2v) is 15.2. The smallest absolute Gasteiger partial charge is 0.324 e. The molecule has 3 amide bonds. The number of rotatable bonds is 12. The zero-order chi connectivity index (χ0) is 39.9. The van der Waals surface area contributed by atoms with Crippen LogP contribution in [0.5, 0.6) is 5.75 Å². The van der Waals surface area contributed by atoms with Gasteiger partial charge in [-0.25, -0.2) is 24.4 Å². The van der Waals surface area contributed by atoms with Gasteiger partial charge in [0.25, 0.3) is 5.91 Å². The van der Waals surface area contributed by atoms with Crippen molar-refractivity contribution in [1.29, 1.82) is 0 Å². The van der Waals surface area contributed by atoms with Gasteiger partial charge in [-0.3, -0.25) is 15.0 Å². The first kappa shape index (κ1) is 38.9. The fourth-order valence-electron chi connectivity index (χ4n) is 6.44. The van der Waals surface area contributed by atoms with E-state index in [2.05, 4.69) is 61.9 Å². The van der Waals surface area contributed by atoms with Gasteiger partial charge in [0.1, 0.15) is 35.5 Å². The molecule has 1 unspecified atom stereocenters. The summed E-state index contributed by atoms with van der Waals surface area (Å²) in [5.41, 5.74) is 4.37. The number of carbonyl (C=O) groups is 2. The standard InChI is InChI=1S/C43H48N10O4/c1-28-10-12-31(13-11-28)53-40(23-37(51-53)43(3,4)5)50-42(55)48-34-14-15-36(33-9-7-6-8-32(33)34)57-27-30-16-17-44-38(22-30)49-39-25-45-35(24-46-39)41(54)47-29(2)26-52-18-20-56-21-19-52/h6-17,22-25,29H,18-21,26-27H2,1-5H3,(H,47,54)(H,44,46,49)(H2,48,50,55). The van der Waals surface area contributed by atoms with Crippen molar-refractivity contribution in [2.24, 2.45) is 0 Å². The maximum absolute atomic E-state index is 13.5. The number of ether oxygens (including phenoxy) is 2. The quantitative estimate of drug-likeness (QED) is 0.100. The van der Waals surface area contributed by atoms with Crippen LogP contribution < -0.4 is 26.0 Å². The summed E-state index contributed by atoms with van der Waals surface area (Å²) in [6.07, 6.45) is 4.64. The van der Waals surface area contributed by atoms with Crippen LogP contribution >= 0.6 is 0 Å². The lowest BCUT2D eigenvalue weighted by Gasteiger charge is -2.29. The molecule has 57 heavy (non-hydrogen) atoms. The van der Waals surface area contributed by atoms with Gasteiger partial charge in [0.05, 0.1) is 42.7 Å². The molecule has 14 nitrogen and oxygen atoms in total. The van der Waals surface area contributed by atoms with Gasteiger partial charge in [-0.05, 0) is 55.8 Å². The molecule has 0 saturated carbocycles. The molecule has 0 aliphatic carbocycles.